The zero-order valence-corrected chi connectivity index (χ0v) is 20.5. The Hall–Kier alpha value is -4.26. The molecule has 0 radical (unpaired) electrons. The Morgan fingerprint density at radius 1 is 0.714 bits per heavy atom. The topological polar surface area (TPSA) is 75.6 Å². The van der Waals surface area contributed by atoms with E-state index in [0.717, 1.165) is 11.1 Å². The summed E-state index contributed by atoms with van der Waals surface area (Å²) < 4.78 is 27.3. The SMILES string of the molecule is COc1cc(/C=C\c2cc(OC)c(OC)c(OC)c2)cc(N=CCC(=O)c2ccccc2)c1OC. The number of methoxy groups -OCH3 is 5. The Morgan fingerprint density at radius 3 is 1.74 bits per heavy atom. The van der Waals surface area contributed by atoms with Gasteiger partial charge in [-0.05, 0) is 35.4 Å². The molecular formula is C28H29NO6. The van der Waals surface area contributed by atoms with Crippen LogP contribution in [0.25, 0.3) is 12.2 Å². The van der Waals surface area contributed by atoms with Crippen LogP contribution in [0.5, 0.6) is 28.7 Å². The minimum atomic E-state index is -0.0151. The summed E-state index contributed by atoms with van der Waals surface area (Å²) in [6.45, 7) is 0. The highest BCUT2D eigenvalue weighted by Gasteiger charge is 2.13. The van der Waals surface area contributed by atoms with Crippen LogP contribution in [-0.2, 0) is 0 Å². The van der Waals surface area contributed by atoms with Gasteiger partial charge in [-0.1, -0.05) is 42.5 Å². The zero-order valence-electron chi connectivity index (χ0n) is 20.5. The molecule has 0 fully saturated rings. The van der Waals surface area contributed by atoms with Gasteiger partial charge in [0.05, 0.1) is 35.5 Å². The third-order valence-corrected chi connectivity index (χ3v) is 5.24. The van der Waals surface area contributed by atoms with E-state index in [-0.39, 0.29) is 12.2 Å². The van der Waals surface area contributed by atoms with Crippen LogP contribution in [0.1, 0.15) is 27.9 Å². The molecule has 0 amide bonds. The van der Waals surface area contributed by atoms with Gasteiger partial charge in [0.15, 0.2) is 28.8 Å². The number of hydrogen-bond acceptors (Lipinski definition) is 7. The van der Waals surface area contributed by atoms with Crippen LogP contribution >= 0.6 is 0 Å². The predicted molar refractivity (Wildman–Crippen MR) is 138 cm³/mol. The maximum atomic E-state index is 12.4. The molecule has 0 aromatic heterocycles. The first-order chi connectivity index (χ1) is 17.0. The molecule has 0 aliphatic carbocycles. The van der Waals surface area contributed by atoms with Gasteiger partial charge >= 0.3 is 0 Å². The molecular weight excluding hydrogens is 446 g/mol. The first-order valence-corrected chi connectivity index (χ1v) is 10.9. The van der Waals surface area contributed by atoms with Crippen molar-refractivity contribution in [1.82, 2.24) is 0 Å². The van der Waals surface area contributed by atoms with Crippen LogP contribution in [0.3, 0.4) is 0 Å². The Bertz CT molecular complexity index is 1190. The third-order valence-electron chi connectivity index (χ3n) is 5.24. The summed E-state index contributed by atoms with van der Waals surface area (Å²) in [6, 6.07) is 16.5. The number of benzene rings is 3. The van der Waals surface area contributed by atoms with E-state index in [1.165, 1.54) is 0 Å². The average Bonchev–Trinajstić information content (AvgIpc) is 2.91. The molecule has 35 heavy (non-hydrogen) atoms. The average molecular weight is 476 g/mol. The van der Waals surface area contributed by atoms with Crippen molar-refractivity contribution >= 4 is 29.8 Å². The van der Waals surface area contributed by atoms with Crippen LogP contribution in [0, 0.1) is 0 Å². The van der Waals surface area contributed by atoms with E-state index in [4.69, 9.17) is 23.7 Å². The summed E-state index contributed by atoms with van der Waals surface area (Å²) >= 11 is 0. The third kappa shape index (κ3) is 6.20. The number of carbonyl (C=O) groups is 1. The van der Waals surface area contributed by atoms with Crippen LogP contribution in [-0.4, -0.2) is 47.5 Å². The van der Waals surface area contributed by atoms with Gasteiger partial charge in [-0.3, -0.25) is 9.79 Å². The molecule has 182 valence electrons. The minimum Gasteiger partial charge on any atom is -0.493 e. The van der Waals surface area contributed by atoms with Crippen molar-refractivity contribution < 1.29 is 28.5 Å². The van der Waals surface area contributed by atoms with Crippen LogP contribution < -0.4 is 23.7 Å². The fraction of sp³-hybridized carbons (Fsp3) is 0.214. The van der Waals surface area contributed by atoms with Crippen LogP contribution in [0.2, 0.25) is 0 Å². The lowest BCUT2D eigenvalue weighted by Crippen LogP contribution is -1.99. The van der Waals surface area contributed by atoms with Gasteiger partial charge in [-0.2, -0.15) is 0 Å². The summed E-state index contributed by atoms with van der Waals surface area (Å²) in [7, 11) is 7.83. The quantitative estimate of drug-likeness (QED) is 0.196. The first-order valence-electron chi connectivity index (χ1n) is 10.9. The molecule has 0 bridgehead atoms. The molecule has 0 heterocycles. The minimum absolute atomic E-state index is 0.0151. The molecule has 7 heteroatoms. The molecule has 3 rings (SSSR count). The molecule has 3 aromatic carbocycles. The van der Waals surface area contributed by atoms with Crippen LogP contribution in [0.15, 0.2) is 59.6 Å². The molecule has 0 unspecified atom stereocenters. The predicted octanol–water partition coefficient (Wildman–Crippen LogP) is 5.88. The van der Waals surface area contributed by atoms with Crippen molar-refractivity contribution in [3.05, 3.63) is 71.3 Å². The van der Waals surface area contributed by atoms with Gasteiger partial charge < -0.3 is 23.7 Å². The standard InChI is InChI=1S/C28H29NO6/c1-31-24-16-19(11-12-20-17-25(32-2)28(35-5)26(18-20)33-3)15-22(27(24)34-4)29-14-13-23(30)21-9-7-6-8-10-21/h6-12,14-18H,13H2,1-5H3/b12-11-,29-14?. The van der Waals surface area contributed by atoms with E-state index in [1.54, 1.807) is 53.9 Å². The van der Waals surface area contributed by atoms with Crippen molar-refractivity contribution in [2.24, 2.45) is 4.99 Å². The fourth-order valence-corrected chi connectivity index (χ4v) is 3.52. The second-order valence-corrected chi connectivity index (χ2v) is 7.37. The van der Waals surface area contributed by atoms with Gasteiger partial charge in [0.2, 0.25) is 5.75 Å². The highest BCUT2D eigenvalue weighted by atomic mass is 16.5. The Balaban J connectivity index is 1.90. The molecule has 3 aromatic rings. The number of nitrogens with zero attached hydrogens (tertiary/aromatic N) is 1. The van der Waals surface area contributed by atoms with Crippen molar-refractivity contribution in [3.63, 3.8) is 0 Å². The lowest BCUT2D eigenvalue weighted by Gasteiger charge is -2.13. The summed E-state index contributed by atoms with van der Waals surface area (Å²) in [5.74, 6) is 2.65. The molecule has 0 atom stereocenters. The van der Waals surface area contributed by atoms with Gasteiger partial charge in [0.1, 0.15) is 5.69 Å². The molecule has 0 saturated heterocycles. The normalized spacial score (nSPS) is 11.0. The first kappa shape index (κ1) is 25.4. The summed E-state index contributed by atoms with van der Waals surface area (Å²) in [5.41, 5.74) is 2.88. The van der Waals surface area contributed by atoms with Gasteiger partial charge in [-0.15, -0.1) is 0 Å². The van der Waals surface area contributed by atoms with Crippen molar-refractivity contribution in [2.75, 3.05) is 35.5 Å². The fourth-order valence-electron chi connectivity index (χ4n) is 3.52. The summed E-state index contributed by atoms with van der Waals surface area (Å²) in [5, 5.41) is 0. The zero-order chi connectivity index (χ0) is 25.2. The maximum absolute atomic E-state index is 12.4. The molecule has 0 aliphatic heterocycles. The van der Waals surface area contributed by atoms with E-state index in [9.17, 15) is 4.79 Å². The van der Waals surface area contributed by atoms with E-state index in [0.29, 0.717) is 40.0 Å². The van der Waals surface area contributed by atoms with Gasteiger partial charge in [0.25, 0.3) is 0 Å². The monoisotopic (exact) mass is 475 g/mol. The number of aliphatic imine (C=N–C) groups is 1. The molecule has 7 nitrogen and oxygen atoms in total. The molecule has 0 N–H and O–H groups in total. The smallest absolute Gasteiger partial charge is 0.203 e. The van der Waals surface area contributed by atoms with E-state index in [2.05, 4.69) is 4.99 Å². The highest BCUT2D eigenvalue weighted by molar-refractivity contribution is 6.04. The van der Waals surface area contributed by atoms with Gasteiger partial charge in [-0.25, -0.2) is 0 Å². The number of rotatable bonds is 11. The maximum Gasteiger partial charge on any atom is 0.203 e. The second kappa shape index (κ2) is 12.3. The Labute approximate surface area is 205 Å². The second-order valence-electron chi connectivity index (χ2n) is 7.37. The lowest BCUT2D eigenvalue weighted by atomic mass is 10.1. The Morgan fingerprint density at radius 2 is 1.23 bits per heavy atom. The van der Waals surface area contributed by atoms with Gasteiger partial charge in [0, 0.05) is 18.2 Å². The number of ether oxygens (including phenoxy) is 5. The number of Topliss-reactive ketones (excluding diaryl/α,β-unsaturated/α-hetero) is 1. The van der Waals surface area contributed by atoms with Crippen molar-refractivity contribution in [3.8, 4) is 28.7 Å². The van der Waals surface area contributed by atoms with E-state index < -0.39 is 0 Å². The molecule has 0 aliphatic rings. The largest absolute Gasteiger partial charge is 0.493 e. The molecule has 0 saturated carbocycles. The Kier molecular flexibility index (Phi) is 8.89. The number of ketones is 1. The van der Waals surface area contributed by atoms with Crippen molar-refractivity contribution in [1.29, 1.82) is 0 Å². The number of carbonyl (C=O) groups excluding carboxylic acids is 1. The van der Waals surface area contributed by atoms with E-state index in [1.807, 2.05) is 54.6 Å². The van der Waals surface area contributed by atoms with Crippen molar-refractivity contribution in [2.45, 2.75) is 6.42 Å². The summed E-state index contributed by atoms with van der Waals surface area (Å²) in [4.78, 5) is 16.9. The number of hydrogen-bond donors (Lipinski definition) is 0. The highest BCUT2D eigenvalue weighted by Crippen LogP contribution is 2.40. The lowest BCUT2D eigenvalue weighted by molar-refractivity contribution is 0.100. The van der Waals surface area contributed by atoms with E-state index >= 15 is 0 Å². The van der Waals surface area contributed by atoms with Crippen LogP contribution in [0.4, 0.5) is 5.69 Å². The molecule has 0 spiro atoms. The summed E-state index contributed by atoms with van der Waals surface area (Å²) in [6.07, 6.45) is 5.58.